The lowest BCUT2D eigenvalue weighted by molar-refractivity contribution is -0.132. The van der Waals surface area contributed by atoms with Crippen molar-refractivity contribution in [1.29, 1.82) is 0 Å². The second-order valence-electron chi connectivity index (χ2n) is 13.6. The number of Topliss-reactive ketones (excluding diaryl/α,β-unsaturated/α-hetero) is 1. The number of ketones is 1. The van der Waals surface area contributed by atoms with E-state index in [0.29, 0.717) is 30.5 Å². The van der Waals surface area contributed by atoms with Crippen LogP contribution in [0.15, 0.2) is 22.8 Å². The monoisotopic (exact) mass is 472 g/mol. The molecule has 4 aliphatic carbocycles. The molecule has 4 nitrogen and oxygen atoms in total. The van der Waals surface area contributed by atoms with Gasteiger partial charge in [0.2, 0.25) is 0 Å². The molecule has 8 atom stereocenters. The van der Waals surface area contributed by atoms with Crippen molar-refractivity contribution in [3.8, 4) is 0 Å². The molecule has 0 spiro atoms. The van der Waals surface area contributed by atoms with E-state index in [4.69, 9.17) is 0 Å². The van der Waals surface area contributed by atoms with Gasteiger partial charge in [-0.3, -0.25) is 4.79 Å². The molecular weight excluding hydrogens is 424 g/mol. The average Bonchev–Trinajstić information content (AvgIpc) is 3.05. The van der Waals surface area contributed by atoms with Gasteiger partial charge in [-0.2, -0.15) is 0 Å². The molecule has 0 aromatic rings. The molecule has 4 rings (SSSR count). The number of fused-ring (bicyclic) bond motifs is 4. The Morgan fingerprint density at radius 3 is 2.44 bits per heavy atom. The molecule has 0 aromatic heterocycles. The van der Waals surface area contributed by atoms with Crippen molar-refractivity contribution < 1.29 is 20.1 Å². The Morgan fingerprint density at radius 2 is 1.79 bits per heavy atom. The highest BCUT2D eigenvalue weighted by molar-refractivity contribution is 6.00. The van der Waals surface area contributed by atoms with Crippen LogP contribution in [-0.2, 0) is 4.79 Å². The van der Waals surface area contributed by atoms with Gasteiger partial charge in [0, 0.05) is 12.0 Å². The first kappa shape index (κ1) is 26.1. The van der Waals surface area contributed by atoms with Gasteiger partial charge in [0.05, 0.1) is 18.8 Å². The maximum Gasteiger partial charge on any atom is 0.159 e. The molecule has 0 heterocycles. The molecule has 192 valence electrons. The van der Waals surface area contributed by atoms with Crippen LogP contribution in [0.25, 0.3) is 0 Å². The first-order valence-electron chi connectivity index (χ1n) is 13.6. The molecule has 2 saturated carbocycles. The SMILES string of the molecule is C/C(=C\C[C@@H](O)[C@@H](C)[C@@H]1CC[C@]2(C)C3=C(C(=O)C[C@@]12C)[C@@]1(C)CC[C@H](O)C(C)(C)C1CC3)CO. The minimum Gasteiger partial charge on any atom is -0.393 e. The van der Waals surface area contributed by atoms with Gasteiger partial charge in [-0.1, -0.05) is 58.8 Å². The van der Waals surface area contributed by atoms with E-state index in [0.717, 1.165) is 49.7 Å². The van der Waals surface area contributed by atoms with Gasteiger partial charge in [0.15, 0.2) is 5.78 Å². The number of aliphatic hydroxyl groups excluding tert-OH is 3. The molecular formula is C30H48O4. The molecule has 2 fully saturated rings. The first-order chi connectivity index (χ1) is 15.7. The number of carbonyl (C=O) groups is 1. The van der Waals surface area contributed by atoms with E-state index < -0.39 is 6.10 Å². The fraction of sp³-hybridized carbons (Fsp3) is 0.833. The minimum absolute atomic E-state index is 0.0140. The summed E-state index contributed by atoms with van der Waals surface area (Å²) >= 11 is 0. The third kappa shape index (κ3) is 3.53. The van der Waals surface area contributed by atoms with Crippen molar-refractivity contribution in [1.82, 2.24) is 0 Å². The Morgan fingerprint density at radius 1 is 1.12 bits per heavy atom. The number of hydrogen-bond donors (Lipinski definition) is 3. The van der Waals surface area contributed by atoms with Crippen LogP contribution < -0.4 is 0 Å². The number of allylic oxidation sites excluding steroid dienone is 2. The fourth-order valence-electron chi connectivity index (χ4n) is 9.24. The van der Waals surface area contributed by atoms with Crippen molar-refractivity contribution in [2.45, 2.75) is 112 Å². The van der Waals surface area contributed by atoms with Crippen LogP contribution in [0.1, 0.15) is 99.8 Å². The van der Waals surface area contributed by atoms with E-state index in [9.17, 15) is 20.1 Å². The zero-order valence-electron chi connectivity index (χ0n) is 22.6. The summed E-state index contributed by atoms with van der Waals surface area (Å²) in [5.41, 5.74) is 2.95. The van der Waals surface area contributed by atoms with Gasteiger partial charge >= 0.3 is 0 Å². The average molecular weight is 473 g/mol. The van der Waals surface area contributed by atoms with E-state index in [1.807, 2.05) is 13.0 Å². The van der Waals surface area contributed by atoms with E-state index >= 15 is 0 Å². The van der Waals surface area contributed by atoms with Gasteiger partial charge in [0.1, 0.15) is 0 Å². The predicted octanol–water partition coefficient (Wildman–Crippen LogP) is 5.60. The standard InChI is InChI=1S/C30H48O4/c1-18(17-31)8-10-22(32)19(2)20-12-15-29(6)21-9-11-24-27(3,4)25(34)13-14-28(24,5)26(21)23(33)16-30(20,29)7/h8,19-20,22,24-25,31-32,34H,9-17H2,1-7H3/b18-8+/t19-,20-,22+,24?,25-,28-,29+,30-/m0/s1. The van der Waals surface area contributed by atoms with Crippen LogP contribution in [0.4, 0.5) is 0 Å². The van der Waals surface area contributed by atoms with Crippen molar-refractivity contribution in [3.05, 3.63) is 22.8 Å². The topological polar surface area (TPSA) is 77.8 Å². The Labute approximate surface area is 206 Å². The lowest BCUT2D eigenvalue weighted by Crippen LogP contribution is -2.57. The highest BCUT2D eigenvalue weighted by Crippen LogP contribution is 2.71. The summed E-state index contributed by atoms with van der Waals surface area (Å²) in [6, 6.07) is 0. The molecule has 1 unspecified atom stereocenters. The molecule has 0 amide bonds. The lowest BCUT2D eigenvalue weighted by atomic mass is 9.43. The molecule has 0 bridgehead atoms. The van der Waals surface area contributed by atoms with Gasteiger partial charge < -0.3 is 15.3 Å². The number of hydrogen-bond acceptors (Lipinski definition) is 4. The quantitative estimate of drug-likeness (QED) is 0.455. The van der Waals surface area contributed by atoms with Crippen LogP contribution in [0.5, 0.6) is 0 Å². The Bertz CT molecular complexity index is 899. The zero-order chi connectivity index (χ0) is 25.3. The number of aliphatic hydroxyl groups is 3. The van der Waals surface area contributed by atoms with Crippen LogP contribution >= 0.6 is 0 Å². The molecule has 34 heavy (non-hydrogen) atoms. The molecule has 0 saturated heterocycles. The number of carbonyl (C=O) groups excluding carboxylic acids is 1. The van der Waals surface area contributed by atoms with E-state index in [1.165, 1.54) is 5.57 Å². The van der Waals surface area contributed by atoms with Gasteiger partial charge in [0.25, 0.3) is 0 Å². The minimum atomic E-state index is -0.468. The molecule has 4 aliphatic rings. The van der Waals surface area contributed by atoms with Crippen LogP contribution in [0.3, 0.4) is 0 Å². The maximum atomic E-state index is 14.0. The zero-order valence-corrected chi connectivity index (χ0v) is 22.6. The first-order valence-corrected chi connectivity index (χ1v) is 13.6. The molecule has 4 heteroatoms. The lowest BCUT2D eigenvalue weighted by Gasteiger charge is -2.61. The predicted molar refractivity (Wildman–Crippen MR) is 136 cm³/mol. The highest BCUT2D eigenvalue weighted by Gasteiger charge is 2.65. The summed E-state index contributed by atoms with van der Waals surface area (Å²) < 4.78 is 0. The number of rotatable bonds is 5. The Kier molecular flexibility index (Phi) is 6.57. The fourth-order valence-corrected chi connectivity index (χ4v) is 9.24. The summed E-state index contributed by atoms with van der Waals surface area (Å²) in [4.78, 5) is 14.0. The summed E-state index contributed by atoms with van der Waals surface area (Å²) in [6.07, 6.45) is 8.11. The van der Waals surface area contributed by atoms with Crippen LogP contribution in [-0.4, -0.2) is 39.9 Å². The van der Waals surface area contributed by atoms with Gasteiger partial charge in [-0.05, 0) is 91.3 Å². The second-order valence-corrected chi connectivity index (χ2v) is 13.6. The maximum absolute atomic E-state index is 14.0. The summed E-state index contributed by atoms with van der Waals surface area (Å²) in [5, 5.41) is 31.1. The molecule has 0 radical (unpaired) electrons. The third-order valence-electron chi connectivity index (χ3n) is 11.7. The molecule has 3 N–H and O–H groups in total. The van der Waals surface area contributed by atoms with Gasteiger partial charge in [-0.15, -0.1) is 0 Å². The van der Waals surface area contributed by atoms with Crippen molar-refractivity contribution in [2.75, 3.05) is 6.61 Å². The van der Waals surface area contributed by atoms with Crippen LogP contribution in [0.2, 0.25) is 0 Å². The third-order valence-corrected chi connectivity index (χ3v) is 11.7. The van der Waals surface area contributed by atoms with E-state index in [-0.39, 0.29) is 40.3 Å². The smallest absolute Gasteiger partial charge is 0.159 e. The summed E-state index contributed by atoms with van der Waals surface area (Å²) in [5.74, 6) is 1.06. The van der Waals surface area contributed by atoms with Crippen LogP contribution in [0, 0.1) is 39.4 Å². The molecule has 0 aliphatic heterocycles. The van der Waals surface area contributed by atoms with Crippen molar-refractivity contribution in [3.63, 3.8) is 0 Å². The van der Waals surface area contributed by atoms with Crippen molar-refractivity contribution in [2.24, 2.45) is 39.4 Å². The second kappa shape index (κ2) is 8.56. The summed E-state index contributed by atoms with van der Waals surface area (Å²) in [6.45, 7) is 15.5. The van der Waals surface area contributed by atoms with Gasteiger partial charge in [-0.25, -0.2) is 0 Å². The summed E-state index contributed by atoms with van der Waals surface area (Å²) in [7, 11) is 0. The normalized spacial score (nSPS) is 43.8. The Hall–Kier alpha value is -0.970. The highest BCUT2D eigenvalue weighted by atomic mass is 16.3. The van der Waals surface area contributed by atoms with Crippen molar-refractivity contribution >= 4 is 5.78 Å². The Balaban J connectivity index is 1.70. The molecule has 0 aromatic carbocycles. The van der Waals surface area contributed by atoms with E-state index in [1.54, 1.807) is 0 Å². The largest absolute Gasteiger partial charge is 0.393 e. The van der Waals surface area contributed by atoms with E-state index in [2.05, 4.69) is 41.5 Å².